The predicted molar refractivity (Wildman–Crippen MR) is 62.4 cm³/mol. The highest BCUT2D eigenvalue weighted by molar-refractivity contribution is 4.72. The van der Waals surface area contributed by atoms with Crippen LogP contribution in [0.25, 0.3) is 0 Å². The molecule has 1 fully saturated rings. The quantitative estimate of drug-likeness (QED) is 0.684. The van der Waals surface area contributed by atoms with Crippen LogP contribution in [0.5, 0.6) is 0 Å². The molecule has 1 aliphatic carbocycles. The Labute approximate surface area is 88.4 Å². The summed E-state index contributed by atoms with van der Waals surface area (Å²) < 4.78 is 0. The van der Waals surface area contributed by atoms with Crippen LogP contribution in [0.1, 0.15) is 46.0 Å². The molecular weight excluding hydrogens is 174 g/mol. The third-order valence-electron chi connectivity index (χ3n) is 2.31. The zero-order chi connectivity index (χ0) is 10.8. The molecule has 84 valence electrons. The van der Waals surface area contributed by atoms with Crippen molar-refractivity contribution in [2.24, 2.45) is 0 Å². The summed E-state index contributed by atoms with van der Waals surface area (Å²) in [5, 5.41) is 12.4. The van der Waals surface area contributed by atoms with Crippen molar-refractivity contribution in [2.45, 2.75) is 58.1 Å². The number of aliphatic hydroxyl groups excluding tert-OH is 1. The van der Waals surface area contributed by atoms with Gasteiger partial charge in [0.2, 0.25) is 0 Å². The standard InChI is InChI=1S/C9H19NO.C3H6/c1-8(11)7-10-9-5-3-2-4-6-9;1-3-2/h8-11H,2-7H2,1H3;3H,1H2,2H3. The third-order valence-corrected chi connectivity index (χ3v) is 2.31. The Morgan fingerprint density at radius 1 is 1.43 bits per heavy atom. The fourth-order valence-electron chi connectivity index (χ4n) is 1.64. The van der Waals surface area contributed by atoms with E-state index in [-0.39, 0.29) is 6.10 Å². The van der Waals surface area contributed by atoms with Crippen molar-refractivity contribution in [2.75, 3.05) is 6.54 Å². The summed E-state index contributed by atoms with van der Waals surface area (Å²) in [6.45, 7) is 7.83. The van der Waals surface area contributed by atoms with Gasteiger partial charge < -0.3 is 10.4 Å². The molecule has 0 spiro atoms. The SMILES string of the molecule is C=CC.CC(O)CNC1CCCCC1. The Balaban J connectivity index is 0.000000500. The molecule has 1 rings (SSSR count). The summed E-state index contributed by atoms with van der Waals surface area (Å²) in [5.74, 6) is 0. The molecule has 0 amide bonds. The highest BCUT2D eigenvalue weighted by Crippen LogP contribution is 2.16. The molecule has 0 radical (unpaired) electrons. The minimum Gasteiger partial charge on any atom is -0.392 e. The van der Waals surface area contributed by atoms with Crippen LogP contribution in [0, 0.1) is 0 Å². The molecule has 2 heteroatoms. The van der Waals surface area contributed by atoms with Crippen LogP contribution in [0.4, 0.5) is 0 Å². The van der Waals surface area contributed by atoms with E-state index in [4.69, 9.17) is 5.11 Å². The fraction of sp³-hybridized carbons (Fsp3) is 0.833. The van der Waals surface area contributed by atoms with Gasteiger partial charge in [-0.3, -0.25) is 0 Å². The van der Waals surface area contributed by atoms with Crippen LogP contribution in [0.2, 0.25) is 0 Å². The molecule has 0 heterocycles. The van der Waals surface area contributed by atoms with Gasteiger partial charge in [-0.2, -0.15) is 0 Å². The van der Waals surface area contributed by atoms with E-state index in [0.717, 1.165) is 6.54 Å². The molecule has 1 atom stereocenters. The monoisotopic (exact) mass is 199 g/mol. The number of hydrogen-bond acceptors (Lipinski definition) is 2. The summed E-state index contributed by atoms with van der Waals surface area (Å²) in [5.41, 5.74) is 0. The Morgan fingerprint density at radius 2 is 1.93 bits per heavy atom. The molecule has 1 saturated carbocycles. The van der Waals surface area contributed by atoms with Gasteiger partial charge in [0.15, 0.2) is 0 Å². The molecular formula is C12H25NO. The van der Waals surface area contributed by atoms with Gasteiger partial charge in [-0.15, -0.1) is 6.58 Å². The van der Waals surface area contributed by atoms with Crippen molar-refractivity contribution >= 4 is 0 Å². The van der Waals surface area contributed by atoms with Gasteiger partial charge in [0.1, 0.15) is 0 Å². The third kappa shape index (κ3) is 8.27. The van der Waals surface area contributed by atoms with Crippen LogP contribution < -0.4 is 5.32 Å². The largest absolute Gasteiger partial charge is 0.392 e. The molecule has 1 aliphatic rings. The summed E-state index contributed by atoms with van der Waals surface area (Å²) in [7, 11) is 0. The lowest BCUT2D eigenvalue weighted by Gasteiger charge is -2.23. The van der Waals surface area contributed by atoms with Gasteiger partial charge in [0.05, 0.1) is 6.10 Å². The van der Waals surface area contributed by atoms with Crippen molar-refractivity contribution in [1.29, 1.82) is 0 Å². The van der Waals surface area contributed by atoms with Gasteiger partial charge in [-0.05, 0) is 26.7 Å². The lowest BCUT2D eigenvalue weighted by Crippen LogP contribution is -2.35. The zero-order valence-corrected chi connectivity index (χ0v) is 9.63. The van der Waals surface area contributed by atoms with Crippen LogP contribution in [0.3, 0.4) is 0 Å². The molecule has 2 N–H and O–H groups in total. The normalized spacial score (nSPS) is 19.4. The maximum atomic E-state index is 9.02. The molecule has 2 nitrogen and oxygen atoms in total. The van der Waals surface area contributed by atoms with E-state index in [1.165, 1.54) is 32.1 Å². The van der Waals surface area contributed by atoms with E-state index in [1.807, 2.05) is 13.8 Å². The molecule has 0 saturated heterocycles. The molecule has 0 aliphatic heterocycles. The minimum atomic E-state index is -0.197. The van der Waals surface area contributed by atoms with E-state index in [9.17, 15) is 0 Å². The van der Waals surface area contributed by atoms with Crippen molar-refractivity contribution < 1.29 is 5.11 Å². The first kappa shape index (κ1) is 13.7. The molecule has 14 heavy (non-hydrogen) atoms. The van der Waals surface area contributed by atoms with Gasteiger partial charge in [-0.1, -0.05) is 25.3 Å². The molecule has 0 aromatic heterocycles. The lowest BCUT2D eigenvalue weighted by molar-refractivity contribution is 0.181. The van der Waals surface area contributed by atoms with Gasteiger partial charge in [0.25, 0.3) is 0 Å². The summed E-state index contributed by atoms with van der Waals surface area (Å²) in [4.78, 5) is 0. The Morgan fingerprint density at radius 3 is 2.36 bits per heavy atom. The van der Waals surface area contributed by atoms with E-state index >= 15 is 0 Å². The zero-order valence-electron chi connectivity index (χ0n) is 9.63. The Kier molecular flexibility index (Phi) is 9.00. The first-order valence-electron chi connectivity index (χ1n) is 5.69. The highest BCUT2D eigenvalue weighted by atomic mass is 16.3. The number of aliphatic hydroxyl groups is 1. The van der Waals surface area contributed by atoms with Crippen LogP contribution in [-0.2, 0) is 0 Å². The molecule has 0 aromatic rings. The summed E-state index contributed by atoms with van der Waals surface area (Å²) >= 11 is 0. The smallest absolute Gasteiger partial charge is 0.0636 e. The average molecular weight is 199 g/mol. The number of nitrogens with one attached hydrogen (secondary N) is 1. The maximum Gasteiger partial charge on any atom is 0.0636 e. The second-order valence-electron chi connectivity index (χ2n) is 4.00. The topological polar surface area (TPSA) is 32.3 Å². The second-order valence-corrected chi connectivity index (χ2v) is 4.00. The van der Waals surface area contributed by atoms with Crippen molar-refractivity contribution in [3.8, 4) is 0 Å². The second kappa shape index (κ2) is 9.22. The van der Waals surface area contributed by atoms with Gasteiger partial charge in [-0.25, -0.2) is 0 Å². The average Bonchev–Trinajstić information content (AvgIpc) is 2.18. The van der Waals surface area contributed by atoms with Crippen molar-refractivity contribution in [1.82, 2.24) is 5.32 Å². The van der Waals surface area contributed by atoms with Crippen LogP contribution in [0.15, 0.2) is 12.7 Å². The first-order valence-corrected chi connectivity index (χ1v) is 5.69. The maximum absolute atomic E-state index is 9.02. The first-order chi connectivity index (χ1) is 6.70. The predicted octanol–water partition coefficient (Wildman–Crippen LogP) is 2.48. The Bertz CT molecular complexity index is 128. The number of rotatable bonds is 3. The minimum absolute atomic E-state index is 0.197. The van der Waals surface area contributed by atoms with E-state index < -0.39 is 0 Å². The number of hydrogen-bond donors (Lipinski definition) is 2. The van der Waals surface area contributed by atoms with Crippen LogP contribution in [-0.4, -0.2) is 23.8 Å². The fourth-order valence-corrected chi connectivity index (χ4v) is 1.64. The van der Waals surface area contributed by atoms with Crippen molar-refractivity contribution in [3.63, 3.8) is 0 Å². The van der Waals surface area contributed by atoms with E-state index in [0.29, 0.717) is 6.04 Å². The van der Waals surface area contributed by atoms with E-state index in [2.05, 4.69) is 11.9 Å². The lowest BCUT2D eigenvalue weighted by atomic mass is 9.95. The summed E-state index contributed by atoms with van der Waals surface area (Å²) in [6.07, 6.45) is 8.26. The van der Waals surface area contributed by atoms with Gasteiger partial charge in [0, 0.05) is 12.6 Å². The van der Waals surface area contributed by atoms with E-state index in [1.54, 1.807) is 6.08 Å². The Hall–Kier alpha value is -0.340. The molecule has 0 aromatic carbocycles. The molecule has 0 bridgehead atoms. The molecule has 1 unspecified atom stereocenters. The number of allylic oxidation sites excluding steroid dienone is 1. The highest BCUT2D eigenvalue weighted by Gasteiger charge is 2.12. The van der Waals surface area contributed by atoms with Crippen molar-refractivity contribution in [3.05, 3.63) is 12.7 Å². The summed E-state index contributed by atoms with van der Waals surface area (Å²) in [6, 6.07) is 0.679. The van der Waals surface area contributed by atoms with Gasteiger partial charge >= 0.3 is 0 Å². The van der Waals surface area contributed by atoms with Crippen LogP contribution >= 0.6 is 0 Å².